The molecular formula is C16H23NO3S. The number of hydrogen-bond acceptors (Lipinski definition) is 3. The van der Waals surface area contributed by atoms with Crippen LogP contribution in [-0.2, 0) is 16.0 Å². The van der Waals surface area contributed by atoms with Gasteiger partial charge in [0.1, 0.15) is 0 Å². The lowest BCUT2D eigenvalue weighted by molar-refractivity contribution is -0.148. The molecule has 0 radical (unpaired) electrons. The van der Waals surface area contributed by atoms with Gasteiger partial charge in [-0.15, -0.1) is 11.3 Å². The topological polar surface area (TPSA) is 57.6 Å². The highest BCUT2D eigenvalue weighted by Gasteiger charge is 2.42. The fraction of sp³-hybridized carbons (Fsp3) is 0.625. The second-order valence-electron chi connectivity index (χ2n) is 5.89. The maximum Gasteiger partial charge on any atom is 0.307 e. The molecule has 0 aromatic carbocycles. The quantitative estimate of drug-likeness (QED) is 0.879. The highest BCUT2D eigenvalue weighted by molar-refractivity contribution is 7.09. The van der Waals surface area contributed by atoms with E-state index >= 15 is 0 Å². The largest absolute Gasteiger partial charge is 0.481 e. The molecule has 1 N–H and O–H groups in total. The Bertz CT molecular complexity index is 486. The van der Waals surface area contributed by atoms with E-state index in [1.165, 1.54) is 4.88 Å². The fourth-order valence-electron chi connectivity index (χ4n) is 3.15. The molecule has 116 valence electrons. The minimum Gasteiger partial charge on any atom is -0.481 e. The zero-order valence-electron chi connectivity index (χ0n) is 12.6. The van der Waals surface area contributed by atoms with Crippen LogP contribution in [0.3, 0.4) is 0 Å². The van der Waals surface area contributed by atoms with Crippen LogP contribution in [0.5, 0.6) is 0 Å². The van der Waals surface area contributed by atoms with Crippen molar-refractivity contribution in [1.82, 2.24) is 4.90 Å². The molecule has 3 atom stereocenters. The van der Waals surface area contributed by atoms with Crippen LogP contribution in [0.15, 0.2) is 17.5 Å². The molecule has 1 heterocycles. The van der Waals surface area contributed by atoms with Crippen molar-refractivity contribution < 1.29 is 14.7 Å². The number of carbonyl (C=O) groups is 2. The number of carbonyl (C=O) groups excluding carboxylic acids is 1. The van der Waals surface area contributed by atoms with Gasteiger partial charge in [-0.3, -0.25) is 9.59 Å². The second-order valence-corrected chi connectivity index (χ2v) is 6.92. The second kappa shape index (κ2) is 7.07. The van der Waals surface area contributed by atoms with Gasteiger partial charge in [0.15, 0.2) is 0 Å². The summed E-state index contributed by atoms with van der Waals surface area (Å²) in [6, 6.07) is 4.07. The lowest BCUT2D eigenvalue weighted by atomic mass is 9.95. The Kier molecular flexibility index (Phi) is 5.39. The van der Waals surface area contributed by atoms with Crippen molar-refractivity contribution in [3.8, 4) is 0 Å². The van der Waals surface area contributed by atoms with Crippen molar-refractivity contribution in [2.24, 2.45) is 17.8 Å². The third-order valence-corrected chi connectivity index (χ3v) is 5.46. The van der Waals surface area contributed by atoms with E-state index < -0.39 is 11.9 Å². The summed E-state index contributed by atoms with van der Waals surface area (Å²) in [5, 5.41) is 11.4. The van der Waals surface area contributed by atoms with E-state index in [4.69, 9.17) is 0 Å². The van der Waals surface area contributed by atoms with Crippen molar-refractivity contribution in [3.63, 3.8) is 0 Å². The van der Waals surface area contributed by atoms with Gasteiger partial charge in [0.05, 0.1) is 11.8 Å². The first kappa shape index (κ1) is 16.0. The number of rotatable bonds is 6. The number of hydrogen-bond donors (Lipinski definition) is 1. The van der Waals surface area contributed by atoms with Gasteiger partial charge < -0.3 is 10.0 Å². The summed E-state index contributed by atoms with van der Waals surface area (Å²) in [7, 11) is 1.79. The van der Waals surface area contributed by atoms with E-state index in [2.05, 4.69) is 13.0 Å². The standard InChI is InChI=1S/C16H23NO3S/c1-3-11-9-13(14(10-11)16(19)20)15(18)17(2)7-6-12-5-4-8-21-12/h4-5,8,11,13-14H,3,6-7,9-10H2,1-2H3,(H,19,20). The SMILES string of the molecule is CCC1CC(C(=O)O)C(C(=O)N(C)CCc2cccs2)C1. The number of thiophene rings is 1. The Morgan fingerprint density at radius 2 is 2.10 bits per heavy atom. The van der Waals surface area contributed by atoms with E-state index in [9.17, 15) is 14.7 Å². The summed E-state index contributed by atoms with van der Waals surface area (Å²) in [5.74, 6) is -1.32. The number of carboxylic acid groups (broad SMARTS) is 1. The maximum atomic E-state index is 12.5. The first-order valence-corrected chi connectivity index (χ1v) is 8.41. The minimum absolute atomic E-state index is 0.00472. The Morgan fingerprint density at radius 3 is 2.67 bits per heavy atom. The Hall–Kier alpha value is -1.36. The Labute approximate surface area is 129 Å². The van der Waals surface area contributed by atoms with E-state index in [0.717, 1.165) is 19.3 Å². The van der Waals surface area contributed by atoms with E-state index in [-0.39, 0.29) is 11.8 Å². The molecule has 2 rings (SSSR count). The van der Waals surface area contributed by atoms with E-state index in [0.29, 0.717) is 18.9 Å². The van der Waals surface area contributed by atoms with Crippen LogP contribution in [-0.4, -0.2) is 35.5 Å². The van der Waals surface area contributed by atoms with Crippen molar-refractivity contribution in [2.45, 2.75) is 32.6 Å². The molecule has 1 saturated carbocycles. The molecule has 0 spiro atoms. The minimum atomic E-state index is -0.823. The van der Waals surface area contributed by atoms with Gasteiger partial charge >= 0.3 is 5.97 Å². The van der Waals surface area contributed by atoms with Crippen LogP contribution in [0.2, 0.25) is 0 Å². The van der Waals surface area contributed by atoms with Gasteiger partial charge in [-0.2, -0.15) is 0 Å². The summed E-state index contributed by atoms with van der Waals surface area (Å²) in [6.07, 6.45) is 3.14. The summed E-state index contributed by atoms with van der Waals surface area (Å²) in [4.78, 5) is 26.9. The predicted octanol–water partition coefficient (Wildman–Crippen LogP) is 2.89. The number of carboxylic acids is 1. The van der Waals surface area contributed by atoms with Crippen molar-refractivity contribution in [1.29, 1.82) is 0 Å². The lowest BCUT2D eigenvalue weighted by Crippen LogP contribution is -2.37. The van der Waals surface area contributed by atoms with Crippen LogP contribution in [0.1, 0.15) is 31.1 Å². The van der Waals surface area contributed by atoms with Crippen LogP contribution < -0.4 is 0 Å². The molecule has 5 heteroatoms. The fourth-order valence-corrected chi connectivity index (χ4v) is 3.85. The molecule has 1 aromatic rings. The van der Waals surface area contributed by atoms with Crippen LogP contribution in [0, 0.1) is 17.8 Å². The molecule has 1 amide bonds. The molecule has 21 heavy (non-hydrogen) atoms. The normalized spacial score (nSPS) is 25.0. The zero-order valence-corrected chi connectivity index (χ0v) is 13.4. The van der Waals surface area contributed by atoms with Crippen molar-refractivity contribution >= 4 is 23.2 Å². The molecule has 1 aliphatic rings. The summed E-state index contributed by atoms with van der Waals surface area (Å²) in [6.45, 7) is 2.72. The molecule has 1 aromatic heterocycles. The lowest BCUT2D eigenvalue weighted by Gasteiger charge is -2.23. The molecule has 4 nitrogen and oxygen atoms in total. The van der Waals surface area contributed by atoms with Crippen LogP contribution >= 0.6 is 11.3 Å². The van der Waals surface area contributed by atoms with Crippen molar-refractivity contribution in [2.75, 3.05) is 13.6 Å². The molecule has 1 aliphatic carbocycles. The summed E-state index contributed by atoms with van der Waals surface area (Å²) < 4.78 is 0. The smallest absolute Gasteiger partial charge is 0.307 e. The summed E-state index contributed by atoms with van der Waals surface area (Å²) >= 11 is 1.69. The third-order valence-electron chi connectivity index (χ3n) is 4.52. The molecular weight excluding hydrogens is 286 g/mol. The van der Waals surface area contributed by atoms with Crippen LogP contribution in [0.4, 0.5) is 0 Å². The number of aliphatic carboxylic acids is 1. The third kappa shape index (κ3) is 3.84. The average molecular weight is 309 g/mol. The highest BCUT2D eigenvalue weighted by atomic mass is 32.1. The zero-order chi connectivity index (χ0) is 15.4. The van der Waals surface area contributed by atoms with E-state index in [1.54, 1.807) is 23.3 Å². The predicted molar refractivity (Wildman–Crippen MR) is 83.3 cm³/mol. The van der Waals surface area contributed by atoms with Gasteiger partial charge in [-0.05, 0) is 36.6 Å². The monoisotopic (exact) mass is 309 g/mol. The van der Waals surface area contributed by atoms with Gasteiger partial charge in [0.2, 0.25) is 5.91 Å². The Balaban J connectivity index is 1.95. The van der Waals surface area contributed by atoms with E-state index in [1.807, 2.05) is 11.4 Å². The molecule has 0 saturated heterocycles. The highest BCUT2D eigenvalue weighted by Crippen LogP contribution is 2.39. The molecule has 3 unspecified atom stereocenters. The van der Waals surface area contributed by atoms with Gasteiger partial charge in [-0.25, -0.2) is 0 Å². The first-order chi connectivity index (χ1) is 10.0. The van der Waals surface area contributed by atoms with Gasteiger partial charge in [0.25, 0.3) is 0 Å². The van der Waals surface area contributed by atoms with Crippen molar-refractivity contribution in [3.05, 3.63) is 22.4 Å². The first-order valence-electron chi connectivity index (χ1n) is 7.53. The molecule has 0 bridgehead atoms. The average Bonchev–Trinajstić information content (AvgIpc) is 3.12. The maximum absolute atomic E-state index is 12.5. The van der Waals surface area contributed by atoms with Gasteiger partial charge in [-0.1, -0.05) is 19.4 Å². The summed E-state index contributed by atoms with van der Waals surface area (Å²) in [5.41, 5.74) is 0. The molecule has 1 fully saturated rings. The molecule has 0 aliphatic heterocycles. The number of nitrogens with zero attached hydrogens (tertiary/aromatic N) is 1. The number of likely N-dealkylation sites (N-methyl/N-ethyl adjacent to an activating group) is 1. The number of amides is 1. The van der Waals surface area contributed by atoms with Gasteiger partial charge in [0, 0.05) is 18.5 Å². The Morgan fingerprint density at radius 1 is 1.38 bits per heavy atom. The van der Waals surface area contributed by atoms with Crippen LogP contribution in [0.25, 0.3) is 0 Å².